The summed E-state index contributed by atoms with van der Waals surface area (Å²) in [6.07, 6.45) is 4.69. The first-order valence-electron chi connectivity index (χ1n) is 7.94. The van der Waals surface area contributed by atoms with Crippen molar-refractivity contribution in [2.75, 3.05) is 26.7 Å². The van der Waals surface area contributed by atoms with Gasteiger partial charge in [-0.05, 0) is 64.7 Å². The molecule has 21 heavy (non-hydrogen) atoms. The van der Waals surface area contributed by atoms with Crippen molar-refractivity contribution >= 4 is 5.91 Å². The van der Waals surface area contributed by atoms with Crippen LogP contribution in [0.4, 0.5) is 0 Å². The van der Waals surface area contributed by atoms with Gasteiger partial charge in [0, 0.05) is 18.2 Å². The van der Waals surface area contributed by atoms with Gasteiger partial charge in [0.25, 0.3) is 5.91 Å². The molecule has 3 rings (SSSR count). The minimum absolute atomic E-state index is 0.0541. The Hall–Kier alpha value is -1.49. The maximum Gasteiger partial charge on any atom is 0.270 e. The molecule has 2 fully saturated rings. The molecule has 5 heteroatoms. The van der Waals surface area contributed by atoms with E-state index in [0.717, 1.165) is 38.2 Å². The molecule has 0 spiro atoms. The van der Waals surface area contributed by atoms with Gasteiger partial charge in [-0.1, -0.05) is 0 Å². The molecule has 0 radical (unpaired) electrons. The zero-order valence-electron chi connectivity index (χ0n) is 12.9. The van der Waals surface area contributed by atoms with Gasteiger partial charge in [-0.15, -0.1) is 0 Å². The highest BCUT2D eigenvalue weighted by Crippen LogP contribution is 2.28. The highest BCUT2D eigenvalue weighted by Gasteiger charge is 2.24. The third-order valence-electron chi connectivity index (χ3n) is 4.48. The van der Waals surface area contributed by atoms with Crippen LogP contribution in [0.25, 0.3) is 0 Å². The smallest absolute Gasteiger partial charge is 0.270 e. The number of carbonyl (C=O) groups excluding carboxylic acids is 1. The lowest BCUT2D eigenvalue weighted by Crippen LogP contribution is -2.30. The first-order valence-corrected chi connectivity index (χ1v) is 7.94. The Bertz CT molecular complexity index is 519. The number of rotatable bonds is 4. The van der Waals surface area contributed by atoms with Crippen molar-refractivity contribution in [1.82, 2.24) is 20.2 Å². The predicted molar refractivity (Wildman–Crippen MR) is 81.3 cm³/mol. The van der Waals surface area contributed by atoms with E-state index in [1.807, 2.05) is 13.0 Å². The van der Waals surface area contributed by atoms with Crippen LogP contribution in [-0.4, -0.2) is 47.5 Å². The topological polar surface area (TPSA) is 58.1 Å². The van der Waals surface area contributed by atoms with Crippen molar-refractivity contribution in [2.45, 2.75) is 38.5 Å². The molecule has 1 saturated carbocycles. The number of aromatic nitrogens is 2. The molecule has 1 aliphatic heterocycles. The van der Waals surface area contributed by atoms with Crippen molar-refractivity contribution in [3.63, 3.8) is 0 Å². The van der Waals surface area contributed by atoms with Gasteiger partial charge in [0.05, 0.1) is 0 Å². The van der Waals surface area contributed by atoms with Crippen molar-refractivity contribution in [3.05, 3.63) is 23.3 Å². The molecule has 1 aliphatic carbocycles. The summed E-state index contributed by atoms with van der Waals surface area (Å²) in [5.41, 5.74) is 1.56. The molecule has 1 amide bonds. The lowest BCUT2D eigenvalue weighted by atomic mass is 9.93. The summed E-state index contributed by atoms with van der Waals surface area (Å²) in [4.78, 5) is 23.4. The quantitative estimate of drug-likeness (QED) is 0.917. The normalized spacial score (nSPS) is 20.5. The van der Waals surface area contributed by atoms with Crippen molar-refractivity contribution < 1.29 is 4.79 Å². The summed E-state index contributed by atoms with van der Waals surface area (Å²) >= 11 is 0. The van der Waals surface area contributed by atoms with Gasteiger partial charge in [-0.2, -0.15) is 0 Å². The average molecular weight is 288 g/mol. The van der Waals surface area contributed by atoms with E-state index >= 15 is 0 Å². The Kier molecular flexibility index (Phi) is 4.19. The summed E-state index contributed by atoms with van der Waals surface area (Å²) in [7, 11) is 2.15. The summed E-state index contributed by atoms with van der Waals surface area (Å²) in [6.45, 7) is 4.84. The van der Waals surface area contributed by atoms with Crippen LogP contribution in [0.5, 0.6) is 0 Å². The Labute approximate surface area is 126 Å². The summed E-state index contributed by atoms with van der Waals surface area (Å²) in [5.74, 6) is 1.78. The third-order valence-corrected chi connectivity index (χ3v) is 4.48. The number of nitrogens with one attached hydrogen (secondary N) is 1. The van der Waals surface area contributed by atoms with Gasteiger partial charge in [0.15, 0.2) is 0 Å². The molecule has 1 saturated heterocycles. The van der Waals surface area contributed by atoms with Gasteiger partial charge in [0.2, 0.25) is 0 Å². The fourth-order valence-corrected chi connectivity index (χ4v) is 2.87. The fraction of sp³-hybridized carbons (Fsp3) is 0.688. The number of amides is 1. The van der Waals surface area contributed by atoms with Crippen LogP contribution in [0.1, 0.15) is 53.6 Å². The molecule has 1 aromatic rings. The molecule has 0 aromatic carbocycles. The molecule has 114 valence electrons. The van der Waals surface area contributed by atoms with Crippen LogP contribution in [-0.2, 0) is 0 Å². The van der Waals surface area contributed by atoms with E-state index < -0.39 is 0 Å². The van der Waals surface area contributed by atoms with Gasteiger partial charge >= 0.3 is 0 Å². The third kappa shape index (κ3) is 3.79. The number of hydrogen-bond acceptors (Lipinski definition) is 4. The van der Waals surface area contributed by atoms with Gasteiger partial charge in [0.1, 0.15) is 11.5 Å². The first kappa shape index (κ1) is 14.4. The molecule has 2 aliphatic rings. The van der Waals surface area contributed by atoms with Crippen molar-refractivity contribution in [1.29, 1.82) is 0 Å². The number of hydrogen-bond donors (Lipinski definition) is 1. The second-order valence-corrected chi connectivity index (χ2v) is 6.46. The maximum absolute atomic E-state index is 12.2. The molecule has 1 N–H and O–H groups in total. The molecule has 1 aromatic heterocycles. The largest absolute Gasteiger partial charge is 0.350 e. The van der Waals surface area contributed by atoms with Crippen LogP contribution in [0.3, 0.4) is 0 Å². The predicted octanol–water partition coefficient (Wildman–Crippen LogP) is 1.73. The first-order chi connectivity index (χ1) is 10.1. The van der Waals surface area contributed by atoms with E-state index in [1.165, 1.54) is 12.8 Å². The Morgan fingerprint density at radius 2 is 2.00 bits per heavy atom. The van der Waals surface area contributed by atoms with E-state index in [-0.39, 0.29) is 5.91 Å². The molecule has 0 atom stereocenters. The van der Waals surface area contributed by atoms with Gasteiger partial charge in [-0.3, -0.25) is 4.79 Å². The van der Waals surface area contributed by atoms with E-state index in [9.17, 15) is 4.79 Å². The summed E-state index contributed by atoms with van der Waals surface area (Å²) in [6, 6.07) is 1.89. The molecule has 0 unspecified atom stereocenters. The van der Waals surface area contributed by atoms with Crippen LogP contribution >= 0.6 is 0 Å². The monoisotopic (exact) mass is 288 g/mol. The lowest BCUT2D eigenvalue weighted by molar-refractivity contribution is 0.0946. The van der Waals surface area contributed by atoms with E-state index in [0.29, 0.717) is 23.4 Å². The number of nitrogens with zero attached hydrogens (tertiary/aromatic N) is 3. The molecule has 2 heterocycles. The van der Waals surface area contributed by atoms with E-state index in [4.69, 9.17) is 0 Å². The van der Waals surface area contributed by atoms with Crippen molar-refractivity contribution in [2.24, 2.45) is 5.92 Å². The molecular weight excluding hydrogens is 264 g/mol. The highest BCUT2D eigenvalue weighted by atomic mass is 16.1. The number of piperidine rings is 1. The summed E-state index contributed by atoms with van der Waals surface area (Å²) < 4.78 is 0. The van der Waals surface area contributed by atoms with Gasteiger partial charge in [-0.25, -0.2) is 9.97 Å². The fourth-order valence-electron chi connectivity index (χ4n) is 2.87. The molecular formula is C16H24N4O. The van der Waals surface area contributed by atoms with Crippen LogP contribution < -0.4 is 5.32 Å². The Balaban J connectivity index is 1.70. The molecule has 0 bridgehead atoms. The van der Waals surface area contributed by atoms with Gasteiger partial charge < -0.3 is 10.2 Å². The summed E-state index contributed by atoms with van der Waals surface area (Å²) in [5, 5.41) is 2.99. The minimum Gasteiger partial charge on any atom is -0.350 e. The highest BCUT2D eigenvalue weighted by molar-refractivity contribution is 5.92. The van der Waals surface area contributed by atoms with Crippen LogP contribution in [0, 0.1) is 12.8 Å². The van der Waals surface area contributed by atoms with Crippen molar-refractivity contribution in [3.8, 4) is 0 Å². The second-order valence-electron chi connectivity index (χ2n) is 6.46. The zero-order chi connectivity index (χ0) is 14.8. The maximum atomic E-state index is 12.2. The zero-order valence-corrected chi connectivity index (χ0v) is 12.9. The minimum atomic E-state index is -0.0541. The van der Waals surface area contributed by atoms with Crippen LogP contribution in [0.15, 0.2) is 6.07 Å². The Morgan fingerprint density at radius 3 is 2.67 bits per heavy atom. The van der Waals surface area contributed by atoms with E-state index in [2.05, 4.69) is 27.2 Å². The number of aryl methyl sites for hydroxylation is 1. The standard InChI is InChI=1S/C16H24N4O/c1-11-18-14(13-5-7-20(2)8-6-13)9-15(19-11)16(21)17-10-12-3-4-12/h9,12-13H,3-8,10H2,1-2H3,(H,17,21). The SMILES string of the molecule is Cc1nc(C(=O)NCC2CC2)cc(C2CCN(C)CC2)n1. The lowest BCUT2D eigenvalue weighted by Gasteiger charge is -2.28. The van der Waals surface area contributed by atoms with E-state index in [1.54, 1.807) is 0 Å². The Morgan fingerprint density at radius 1 is 1.29 bits per heavy atom. The number of carbonyl (C=O) groups is 1. The van der Waals surface area contributed by atoms with Crippen LogP contribution in [0.2, 0.25) is 0 Å². The molecule has 5 nitrogen and oxygen atoms in total. The second kappa shape index (κ2) is 6.10. The average Bonchev–Trinajstić information content (AvgIpc) is 3.29. The number of likely N-dealkylation sites (tertiary alicyclic amines) is 1.